The molecule has 0 aliphatic carbocycles. The van der Waals surface area contributed by atoms with Gasteiger partial charge in [-0.2, -0.15) is 0 Å². The number of nitrogens with one attached hydrogen (secondary N) is 2. The molecule has 0 aliphatic heterocycles. The zero-order valence-electron chi connectivity index (χ0n) is 14.0. The molecule has 2 rings (SSSR count). The number of aromatic amines is 1. The SMILES string of the molecule is CCCc1cc(=O)[nH]c(S[C@@H](C)C(=O)Nc2ccccc2SC)n1. The van der Waals surface area contributed by atoms with Gasteiger partial charge in [0, 0.05) is 16.7 Å². The predicted molar refractivity (Wildman–Crippen MR) is 101 cm³/mol. The number of H-pyrrole nitrogens is 1. The number of carbonyl (C=O) groups excluding carboxylic acids is 1. The molecule has 0 fully saturated rings. The van der Waals surface area contributed by atoms with Gasteiger partial charge in [0.2, 0.25) is 5.91 Å². The first-order chi connectivity index (χ1) is 11.5. The van der Waals surface area contributed by atoms with Crippen LogP contribution in [0.3, 0.4) is 0 Å². The van der Waals surface area contributed by atoms with Crippen LogP contribution in [-0.2, 0) is 11.2 Å². The van der Waals surface area contributed by atoms with Crippen molar-refractivity contribution >= 4 is 35.1 Å². The van der Waals surface area contributed by atoms with E-state index in [9.17, 15) is 9.59 Å². The number of anilines is 1. The maximum absolute atomic E-state index is 12.4. The number of amides is 1. The summed E-state index contributed by atoms with van der Waals surface area (Å²) < 4.78 is 0. The topological polar surface area (TPSA) is 74.8 Å². The van der Waals surface area contributed by atoms with Crippen molar-refractivity contribution in [2.45, 2.75) is 42.0 Å². The van der Waals surface area contributed by atoms with Gasteiger partial charge in [-0.25, -0.2) is 4.98 Å². The molecule has 128 valence electrons. The Morgan fingerprint density at radius 2 is 2.12 bits per heavy atom. The van der Waals surface area contributed by atoms with Gasteiger partial charge in [0.15, 0.2) is 5.16 Å². The van der Waals surface area contributed by atoms with Crippen LogP contribution in [0.2, 0.25) is 0 Å². The minimum absolute atomic E-state index is 0.120. The maximum atomic E-state index is 12.4. The zero-order valence-corrected chi connectivity index (χ0v) is 15.6. The summed E-state index contributed by atoms with van der Waals surface area (Å²) in [6, 6.07) is 9.18. The number of aromatic nitrogens is 2. The molecule has 2 aromatic rings. The Morgan fingerprint density at radius 3 is 2.83 bits per heavy atom. The highest BCUT2D eigenvalue weighted by Crippen LogP contribution is 2.26. The highest BCUT2D eigenvalue weighted by atomic mass is 32.2. The molecular formula is C17H21N3O2S2. The van der Waals surface area contributed by atoms with Crippen LogP contribution in [0.4, 0.5) is 5.69 Å². The molecule has 0 unspecified atom stereocenters. The Morgan fingerprint density at radius 1 is 1.38 bits per heavy atom. The Balaban J connectivity index is 2.07. The summed E-state index contributed by atoms with van der Waals surface area (Å²) in [4.78, 5) is 32.2. The Labute approximate surface area is 150 Å². The fraction of sp³-hybridized carbons (Fsp3) is 0.353. The summed E-state index contributed by atoms with van der Waals surface area (Å²) in [7, 11) is 0. The monoisotopic (exact) mass is 363 g/mol. The van der Waals surface area contributed by atoms with Crippen molar-refractivity contribution in [3.05, 3.63) is 46.4 Å². The smallest absolute Gasteiger partial charge is 0.251 e. The molecule has 1 amide bonds. The van der Waals surface area contributed by atoms with Crippen molar-refractivity contribution in [1.29, 1.82) is 0 Å². The lowest BCUT2D eigenvalue weighted by atomic mass is 10.2. The van der Waals surface area contributed by atoms with Gasteiger partial charge in [-0.15, -0.1) is 11.8 Å². The molecule has 2 N–H and O–H groups in total. The Bertz CT molecular complexity index is 761. The van der Waals surface area contributed by atoms with Gasteiger partial charge < -0.3 is 10.3 Å². The third kappa shape index (κ3) is 5.14. The zero-order chi connectivity index (χ0) is 17.5. The largest absolute Gasteiger partial charge is 0.324 e. The van der Waals surface area contributed by atoms with E-state index in [2.05, 4.69) is 15.3 Å². The third-order valence-corrected chi connectivity index (χ3v) is 5.08. The minimum atomic E-state index is -0.375. The van der Waals surface area contributed by atoms with Crippen LogP contribution >= 0.6 is 23.5 Å². The first-order valence-electron chi connectivity index (χ1n) is 7.74. The van der Waals surface area contributed by atoms with Crippen LogP contribution in [0.5, 0.6) is 0 Å². The van der Waals surface area contributed by atoms with Crippen molar-refractivity contribution in [2.75, 3.05) is 11.6 Å². The van der Waals surface area contributed by atoms with Gasteiger partial charge in [-0.05, 0) is 31.7 Å². The van der Waals surface area contributed by atoms with E-state index < -0.39 is 0 Å². The summed E-state index contributed by atoms with van der Waals surface area (Å²) in [5.74, 6) is -0.120. The van der Waals surface area contributed by atoms with Gasteiger partial charge >= 0.3 is 0 Å². The lowest BCUT2D eigenvalue weighted by Crippen LogP contribution is -2.23. The second-order valence-electron chi connectivity index (χ2n) is 5.24. The second kappa shape index (κ2) is 8.94. The van der Waals surface area contributed by atoms with Crippen LogP contribution in [0, 0.1) is 0 Å². The van der Waals surface area contributed by atoms with Crippen LogP contribution in [0.15, 0.2) is 45.2 Å². The first-order valence-corrected chi connectivity index (χ1v) is 9.84. The van der Waals surface area contributed by atoms with E-state index in [4.69, 9.17) is 0 Å². The number of hydrogen-bond acceptors (Lipinski definition) is 5. The fourth-order valence-electron chi connectivity index (χ4n) is 2.13. The molecule has 5 nitrogen and oxygen atoms in total. The highest BCUT2D eigenvalue weighted by molar-refractivity contribution is 8.00. The van der Waals surface area contributed by atoms with Crippen molar-refractivity contribution in [1.82, 2.24) is 9.97 Å². The molecule has 1 heterocycles. The minimum Gasteiger partial charge on any atom is -0.324 e. The number of nitrogens with zero attached hydrogens (tertiary/aromatic N) is 1. The molecular weight excluding hydrogens is 342 g/mol. The number of carbonyl (C=O) groups is 1. The molecule has 0 saturated heterocycles. The number of hydrogen-bond donors (Lipinski definition) is 2. The average molecular weight is 364 g/mol. The third-order valence-electron chi connectivity index (χ3n) is 3.30. The number of aryl methyl sites for hydroxylation is 1. The van der Waals surface area contributed by atoms with Crippen LogP contribution in [0.25, 0.3) is 0 Å². The van der Waals surface area contributed by atoms with Gasteiger partial charge in [-0.3, -0.25) is 9.59 Å². The summed E-state index contributed by atoms with van der Waals surface area (Å²) in [6.07, 6.45) is 3.64. The van der Waals surface area contributed by atoms with E-state index in [0.717, 1.165) is 29.1 Å². The lowest BCUT2D eigenvalue weighted by Gasteiger charge is -2.13. The van der Waals surface area contributed by atoms with Crippen molar-refractivity contribution in [2.24, 2.45) is 0 Å². The number of benzene rings is 1. The summed E-state index contributed by atoms with van der Waals surface area (Å²) >= 11 is 2.83. The maximum Gasteiger partial charge on any atom is 0.251 e. The number of para-hydroxylation sites is 1. The second-order valence-corrected chi connectivity index (χ2v) is 7.42. The first kappa shape index (κ1) is 18.6. The number of thioether (sulfide) groups is 2. The summed E-state index contributed by atoms with van der Waals surface area (Å²) in [5.41, 5.74) is 1.36. The summed E-state index contributed by atoms with van der Waals surface area (Å²) in [6.45, 7) is 3.84. The van der Waals surface area contributed by atoms with Crippen LogP contribution < -0.4 is 10.9 Å². The van der Waals surface area contributed by atoms with Gasteiger partial charge in [0.25, 0.3) is 5.56 Å². The fourth-order valence-corrected chi connectivity index (χ4v) is 3.51. The highest BCUT2D eigenvalue weighted by Gasteiger charge is 2.17. The van der Waals surface area contributed by atoms with Gasteiger partial charge in [0.1, 0.15) is 0 Å². The van der Waals surface area contributed by atoms with E-state index in [1.807, 2.05) is 37.4 Å². The van der Waals surface area contributed by atoms with E-state index in [1.165, 1.54) is 17.8 Å². The van der Waals surface area contributed by atoms with Gasteiger partial charge in [-0.1, -0.05) is 37.2 Å². The quantitative estimate of drug-likeness (QED) is 0.581. The van der Waals surface area contributed by atoms with Crippen molar-refractivity contribution in [3.63, 3.8) is 0 Å². The number of rotatable bonds is 7. The van der Waals surface area contributed by atoms with Crippen LogP contribution in [0.1, 0.15) is 26.0 Å². The standard InChI is InChI=1S/C17H21N3O2S2/c1-4-7-12-10-15(21)20-17(18-12)24-11(2)16(22)19-13-8-5-6-9-14(13)23-3/h5-6,8-11H,4,7H2,1-3H3,(H,19,22)(H,18,20,21)/t11-/m0/s1. The normalized spacial score (nSPS) is 12.0. The van der Waals surface area contributed by atoms with Crippen LogP contribution in [-0.4, -0.2) is 27.4 Å². The van der Waals surface area contributed by atoms with Gasteiger partial charge in [0.05, 0.1) is 10.9 Å². The molecule has 1 aromatic heterocycles. The summed E-state index contributed by atoms with van der Waals surface area (Å²) in [5, 5.41) is 3.04. The molecule has 24 heavy (non-hydrogen) atoms. The molecule has 0 spiro atoms. The molecule has 0 saturated carbocycles. The lowest BCUT2D eigenvalue weighted by molar-refractivity contribution is -0.115. The average Bonchev–Trinajstić information content (AvgIpc) is 2.55. The molecule has 1 atom stereocenters. The molecule has 0 radical (unpaired) electrons. The van der Waals surface area contributed by atoms with E-state index in [-0.39, 0.29) is 16.7 Å². The molecule has 0 bridgehead atoms. The van der Waals surface area contributed by atoms with E-state index in [1.54, 1.807) is 18.7 Å². The van der Waals surface area contributed by atoms with Crippen molar-refractivity contribution in [3.8, 4) is 0 Å². The predicted octanol–water partition coefficient (Wildman–Crippen LogP) is 3.56. The molecule has 0 aliphatic rings. The Kier molecular flexibility index (Phi) is 6.93. The molecule has 7 heteroatoms. The Hall–Kier alpha value is -1.73. The van der Waals surface area contributed by atoms with E-state index in [0.29, 0.717) is 5.16 Å². The molecule has 1 aromatic carbocycles. The van der Waals surface area contributed by atoms with Crippen molar-refractivity contribution < 1.29 is 4.79 Å². The van der Waals surface area contributed by atoms with E-state index >= 15 is 0 Å².